The van der Waals surface area contributed by atoms with Crippen LogP contribution in [0, 0.1) is 11.3 Å². The second-order valence-corrected chi connectivity index (χ2v) is 6.12. The molecule has 0 aliphatic carbocycles. The summed E-state index contributed by atoms with van der Waals surface area (Å²) in [5.41, 5.74) is 1.58. The van der Waals surface area contributed by atoms with Gasteiger partial charge in [0, 0.05) is 30.3 Å². The van der Waals surface area contributed by atoms with E-state index in [0.717, 1.165) is 12.8 Å². The van der Waals surface area contributed by atoms with Crippen molar-refractivity contribution in [1.29, 1.82) is 5.26 Å². The minimum atomic E-state index is -0.212. The van der Waals surface area contributed by atoms with Gasteiger partial charge in [-0.2, -0.15) is 5.26 Å². The summed E-state index contributed by atoms with van der Waals surface area (Å²) in [6.45, 7) is 1.20. The van der Waals surface area contributed by atoms with Crippen LogP contribution in [0.2, 0.25) is 0 Å². The van der Waals surface area contributed by atoms with Crippen molar-refractivity contribution in [1.82, 2.24) is 10.2 Å². The van der Waals surface area contributed by atoms with Crippen molar-refractivity contribution in [3.63, 3.8) is 0 Å². The van der Waals surface area contributed by atoms with Gasteiger partial charge in [0.1, 0.15) is 0 Å². The normalized spacial score (nSPS) is 16.8. The topological polar surface area (TPSA) is 73.2 Å². The van der Waals surface area contributed by atoms with Crippen molar-refractivity contribution in [2.45, 2.75) is 18.9 Å². The number of nitriles is 1. The van der Waals surface area contributed by atoms with Crippen LogP contribution in [0.1, 0.15) is 39.1 Å². The summed E-state index contributed by atoms with van der Waals surface area (Å²) in [7, 11) is 0. The number of hydrogen-bond donors (Lipinski definition) is 1. The Bertz CT molecular complexity index is 811. The van der Waals surface area contributed by atoms with E-state index in [0.29, 0.717) is 29.8 Å². The van der Waals surface area contributed by atoms with Crippen molar-refractivity contribution in [3.8, 4) is 6.07 Å². The van der Waals surface area contributed by atoms with E-state index < -0.39 is 0 Å². The number of rotatable bonds is 3. The molecule has 0 radical (unpaired) electrons. The molecule has 25 heavy (non-hydrogen) atoms. The molecule has 1 saturated heterocycles. The summed E-state index contributed by atoms with van der Waals surface area (Å²) in [5.74, 6) is -0.220. The van der Waals surface area contributed by atoms with Crippen molar-refractivity contribution in [3.05, 3.63) is 71.3 Å². The molecule has 5 heteroatoms. The van der Waals surface area contributed by atoms with Crippen molar-refractivity contribution >= 4 is 11.8 Å². The number of likely N-dealkylation sites (tertiary alicyclic amines) is 1. The predicted molar refractivity (Wildman–Crippen MR) is 94.0 cm³/mol. The largest absolute Gasteiger partial charge is 0.348 e. The fraction of sp³-hybridized carbons (Fsp3) is 0.250. The van der Waals surface area contributed by atoms with Gasteiger partial charge < -0.3 is 10.2 Å². The molecular formula is C20H19N3O2. The molecule has 1 heterocycles. The molecule has 1 atom stereocenters. The summed E-state index contributed by atoms with van der Waals surface area (Å²) >= 11 is 0. The molecule has 0 saturated carbocycles. The highest BCUT2D eigenvalue weighted by Crippen LogP contribution is 2.15. The lowest BCUT2D eigenvalue weighted by molar-refractivity contribution is 0.0676. The molecule has 2 aromatic rings. The Hall–Kier alpha value is -3.13. The molecule has 1 N–H and O–H groups in total. The molecule has 126 valence electrons. The number of nitrogens with one attached hydrogen (secondary N) is 1. The van der Waals surface area contributed by atoms with E-state index in [9.17, 15) is 9.59 Å². The van der Waals surface area contributed by atoms with Crippen LogP contribution < -0.4 is 5.32 Å². The average Bonchev–Trinajstić information content (AvgIpc) is 2.68. The summed E-state index contributed by atoms with van der Waals surface area (Å²) in [5, 5.41) is 11.9. The average molecular weight is 333 g/mol. The molecule has 0 spiro atoms. The minimum absolute atomic E-state index is 0.00831. The van der Waals surface area contributed by atoms with E-state index in [1.54, 1.807) is 41.3 Å². The third kappa shape index (κ3) is 4.04. The summed E-state index contributed by atoms with van der Waals surface area (Å²) in [4.78, 5) is 26.8. The molecule has 2 aromatic carbocycles. The van der Waals surface area contributed by atoms with Gasteiger partial charge in [0.05, 0.1) is 11.6 Å². The van der Waals surface area contributed by atoms with E-state index in [1.807, 2.05) is 24.3 Å². The number of carbonyl (C=O) groups excluding carboxylic acids is 2. The van der Waals surface area contributed by atoms with Crippen LogP contribution in [0.4, 0.5) is 0 Å². The van der Waals surface area contributed by atoms with Gasteiger partial charge in [0.15, 0.2) is 0 Å². The van der Waals surface area contributed by atoms with Crippen LogP contribution in [0.15, 0.2) is 54.6 Å². The summed E-state index contributed by atoms with van der Waals surface area (Å²) < 4.78 is 0. The maximum Gasteiger partial charge on any atom is 0.253 e. The fourth-order valence-corrected chi connectivity index (χ4v) is 3.04. The second-order valence-electron chi connectivity index (χ2n) is 6.12. The molecule has 3 rings (SSSR count). The zero-order valence-corrected chi connectivity index (χ0v) is 13.8. The zero-order chi connectivity index (χ0) is 17.6. The van der Waals surface area contributed by atoms with E-state index in [4.69, 9.17) is 5.26 Å². The van der Waals surface area contributed by atoms with Crippen LogP contribution in [-0.2, 0) is 0 Å². The maximum atomic E-state index is 12.6. The van der Waals surface area contributed by atoms with Crippen molar-refractivity contribution in [2.24, 2.45) is 0 Å². The Balaban J connectivity index is 1.64. The lowest BCUT2D eigenvalue weighted by Gasteiger charge is -2.33. The van der Waals surface area contributed by atoms with Crippen LogP contribution >= 0.6 is 0 Å². The molecule has 0 bridgehead atoms. The smallest absolute Gasteiger partial charge is 0.253 e. The first-order chi connectivity index (χ1) is 12.2. The Morgan fingerprint density at radius 3 is 2.60 bits per heavy atom. The standard InChI is InChI=1S/C20H19N3O2/c21-13-15-6-4-9-17(12-15)19(24)22-18-10-5-11-23(14-18)20(25)16-7-2-1-3-8-16/h1-4,6-9,12,18H,5,10-11,14H2,(H,22,24)/t18-/m1/s1. The van der Waals surface area contributed by atoms with E-state index >= 15 is 0 Å². The van der Waals surface area contributed by atoms with Crippen molar-refractivity contribution in [2.75, 3.05) is 13.1 Å². The lowest BCUT2D eigenvalue weighted by atomic mass is 10.0. The first kappa shape index (κ1) is 16.7. The predicted octanol–water partition coefficient (Wildman–Crippen LogP) is 2.59. The Kier molecular flexibility index (Phi) is 5.10. The van der Waals surface area contributed by atoms with Gasteiger partial charge in [-0.1, -0.05) is 24.3 Å². The first-order valence-electron chi connectivity index (χ1n) is 8.33. The molecule has 1 fully saturated rings. The number of carbonyl (C=O) groups is 2. The van der Waals surface area contributed by atoms with Gasteiger partial charge in [0.2, 0.25) is 0 Å². The van der Waals surface area contributed by atoms with Gasteiger partial charge in [0.25, 0.3) is 11.8 Å². The van der Waals surface area contributed by atoms with E-state index in [2.05, 4.69) is 5.32 Å². The highest BCUT2D eigenvalue weighted by Gasteiger charge is 2.25. The molecule has 1 aliphatic heterocycles. The highest BCUT2D eigenvalue weighted by atomic mass is 16.2. The molecule has 0 aromatic heterocycles. The van der Waals surface area contributed by atoms with Gasteiger partial charge in [-0.3, -0.25) is 9.59 Å². The monoisotopic (exact) mass is 333 g/mol. The molecule has 0 unspecified atom stereocenters. The highest BCUT2D eigenvalue weighted by molar-refractivity contribution is 5.95. The quantitative estimate of drug-likeness (QED) is 0.938. The van der Waals surface area contributed by atoms with Crippen LogP contribution in [0.25, 0.3) is 0 Å². The molecule has 2 amide bonds. The van der Waals surface area contributed by atoms with E-state index in [1.165, 1.54) is 0 Å². The minimum Gasteiger partial charge on any atom is -0.348 e. The Morgan fingerprint density at radius 2 is 1.84 bits per heavy atom. The third-order valence-electron chi connectivity index (χ3n) is 4.32. The second kappa shape index (κ2) is 7.63. The number of nitrogens with zero attached hydrogens (tertiary/aromatic N) is 2. The zero-order valence-electron chi connectivity index (χ0n) is 13.8. The number of benzene rings is 2. The number of hydrogen-bond acceptors (Lipinski definition) is 3. The third-order valence-corrected chi connectivity index (χ3v) is 4.32. The molecule has 5 nitrogen and oxygen atoms in total. The van der Waals surface area contributed by atoms with Gasteiger partial charge in [-0.25, -0.2) is 0 Å². The Labute approximate surface area is 146 Å². The first-order valence-corrected chi connectivity index (χ1v) is 8.33. The Morgan fingerprint density at radius 1 is 1.08 bits per heavy atom. The molecule has 1 aliphatic rings. The molecular weight excluding hydrogens is 314 g/mol. The number of amides is 2. The van der Waals surface area contributed by atoms with E-state index in [-0.39, 0.29) is 17.9 Å². The summed E-state index contributed by atoms with van der Waals surface area (Å²) in [6.07, 6.45) is 1.68. The number of piperidine rings is 1. The van der Waals surface area contributed by atoms with Gasteiger partial charge >= 0.3 is 0 Å². The van der Waals surface area contributed by atoms with Crippen LogP contribution in [-0.4, -0.2) is 35.8 Å². The van der Waals surface area contributed by atoms with Crippen LogP contribution in [0.3, 0.4) is 0 Å². The van der Waals surface area contributed by atoms with Crippen molar-refractivity contribution < 1.29 is 9.59 Å². The fourth-order valence-electron chi connectivity index (χ4n) is 3.04. The maximum absolute atomic E-state index is 12.6. The van der Waals surface area contributed by atoms with Crippen LogP contribution in [0.5, 0.6) is 0 Å². The van der Waals surface area contributed by atoms with Gasteiger partial charge in [-0.15, -0.1) is 0 Å². The lowest BCUT2D eigenvalue weighted by Crippen LogP contribution is -2.49. The van der Waals surface area contributed by atoms with Gasteiger partial charge in [-0.05, 0) is 43.2 Å². The summed E-state index contributed by atoms with van der Waals surface area (Å²) in [6, 6.07) is 17.7. The SMILES string of the molecule is N#Cc1cccc(C(=O)N[C@@H]2CCCN(C(=O)c3ccccc3)C2)c1.